The van der Waals surface area contributed by atoms with E-state index in [1.54, 1.807) is 26.0 Å². The van der Waals surface area contributed by atoms with E-state index in [-0.39, 0.29) is 23.2 Å². The quantitative estimate of drug-likeness (QED) is 0.432. The van der Waals surface area contributed by atoms with Crippen LogP contribution >= 0.6 is 0 Å². The molecule has 0 aliphatic heterocycles. The van der Waals surface area contributed by atoms with Crippen molar-refractivity contribution in [1.82, 2.24) is 0 Å². The summed E-state index contributed by atoms with van der Waals surface area (Å²) >= 11 is 0. The first-order valence-electron chi connectivity index (χ1n) is 9.48. The Morgan fingerprint density at radius 3 is 2.41 bits per heavy atom. The second-order valence-electron chi connectivity index (χ2n) is 7.24. The highest BCUT2D eigenvalue weighted by molar-refractivity contribution is 5.84. The molecule has 0 saturated heterocycles. The van der Waals surface area contributed by atoms with Crippen molar-refractivity contribution in [3.05, 3.63) is 57.8 Å². The van der Waals surface area contributed by atoms with Crippen LogP contribution in [-0.4, -0.2) is 17.4 Å². The smallest absolute Gasteiger partial charge is 0.488 e. The summed E-state index contributed by atoms with van der Waals surface area (Å²) in [5.41, 5.74) is 1.49. The van der Waals surface area contributed by atoms with Gasteiger partial charge in [0.15, 0.2) is 11.6 Å². The Balaban J connectivity index is 1.97. The second kappa shape index (κ2) is 8.68. The maximum atomic E-state index is 14.9. The molecule has 0 aliphatic rings. The summed E-state index contributed by atoms with van der Waals surface area (Å²) in [5, 5.41) is 8.49. The number of benzene rings is 2. The highest BCUT2D eigenvalue weighted by atomic mass is 19.4. The van der Waals surface area contributed by atoms with Gasteiger partial charge in [0.05, 0.1) is 10.9 Å². The van der Waals surface area contributed by atoms with Crippen molar-refractivity contribution < 1.29 is 45.7 Å². The predicted octanol–water partition coefficient (Wildman–Crippen LogP) is 6.13. The van der Waals surface area contributed by atoms with Gasteiger partial charge in [0, 0.05) is 6.42 Å². The van der Waals surface area contributed by atoms with Crippen molar-refractivity contribution in [3.63, 3.8) is 0 Å². The van der Waals surface area contributed by atoms with Gasteiger partial charge in [-0.3, -0.25) is 4.79 Å². The molecule has 1 aromatic heterocycles. The first kappa shape index (κ1) is 23.4. The average Bonchev–Trinajstić information content (AvgIpc) is 3.08. The number of aryl methyl sites for hydroxylation is 2. The van der Waals surface area contributed by atoms with E-state index in [2.05, 4.69) is 4.74 Å². The van der Waals surface area contributed by atoms with E-state index in [9.17, 15) is 26.7 Å². The van der Waals surface area contributed by atoms with Gasteiger partial charge in [-0.25, -0.2) is 8.78 Å². The maximum absolute atomic E-state index is 14.9. The Kier molecular flexibility index (Phi) is 6.34. The molecule has 10 heteroatoms. The Morgan fingerprint density at radius 1 is 1.09 bits per heavy atom. The molecule has 0 bridgehead atoms. The van der Waals surface area contributed by atoms with Crippen LogP contribution in [0, 0.1) is 32.4 Å². The number of rotatable bonds is 7. The van der Waals surface area contributed by atoms with E-state index in [0.717, 1.165) is 17.2 Å². The predicted molar refractivity (Wildman–Crippen MR) is 104 cm³/mol. The van der Waals surface area contributed by atoms with Gasteiger partial charge >= 0.3 is 12.3 Å². The number of furan rings is 1. The molecule has 0 amide bonds. The molecule has 1 N–H and O–H groups in total. The lowest BCUT2D eigenvalue weighted by Crippen LogP contribution is -2.19. The zero-order valence-electron chi connectivity index (χ0n) is 17.3. The van der Waals surface area contributed by atoms with Crippen LogP contribution in [-0.2, 0) is 17.8 Å². The molecule has 172 valence electrons. The SMILES string of the molecule is Cc1cc2c(F)c(OC(F)(F)F)c(F)c(COc3ccc(CCC(=O)O)c(C)c3C)c2o1. The number of carboxylic acids is 1. The van der Waals surface area contributed by atoms with E-state index in [1.165, 1.54) is 6.92 Å². The molecule has 0 saturated carbocycles. The Hall–Kier alpha value is -3.30. The third-order valence-corrected chi connectivity index (χ3v) is 5.08. The molecule has 1 heterocycles. The zero-order chi connectivity index (χ0) is 23.8. The largest absolute Gasteiger partial charge is 0.573 e. The van der Waals surface area contributed by atoms with Gasteiger partial charge in [-0.05, 0) is 56.0 Å². The van der Waals surface area contributed by atoms with Crippen LogP contribution in [0.1, 0.15) is 34.4 Å². The minimum Gasteiger partial charge on any atom is -0.488 e. The van der Waals surface area contributed by atoms with Crippen molar-refractivity contribution in [3.8, 4) is 11.5 Å². The molecule has 0 aliphatic carbocycles. The van der Waals surface area contributed by atoms with Crippen LogP contribution < -0.4 is 9.47 Å². The lowest BCUT2D eigenvalue weighted by molar-refractivity contribution is -0.276. The van der Waals surface area contributed by atoms with E-state index in [4.69, 9.17) is 14.3 Å². The van der Waals surface area contributed by atoms with E-state index < -0.39 is 41.9 Å². The van der Waals surface area contributed by atoms with Crippen LogP contribution in [0.5, 0.6) is 11.5 Å². The molecule has 5 nitrogen and oxygen atoms in total. The number of carbonyl (C=O) groups is 1. The maximum Gasteiger partial charge on any atom is 0.573 e. The van der Waals surface area contributed by atoms with Gasteiger partial charge in [0.1, 0.15) is 23.7 Å². The average molecular weight is 458 g/mol. The number of carboxylic acid groups (broad SMARTS) is 1. The van der Waals surface area contributed by atoms with Gasteiger partial charge in [-0.15, -0.1) is 13.2 Å². The van der Waals surface area contributed by atoms with Crippen LogP contribution in [0.3, 0.4) is 0 Å². The topological polar surface area (TPSA) is 68.9 Å². The van der Waals surface area contributed by atoms with Crippen LogP contribution in [0.4, 0.5) is 22.0 Å². The van der Waals surface area contributed by atoms with Crippen molar-refractivity contribution in [1.29, 1.82) is 0 Å². The fourth-order valence-corrected chi connectivity index (χ4v) is 3.36. The van der Waals surface area contributed by atoms with Crippen molar-refractivity contribution in [2.45, 2.75) is 46.6 Å². The molecular formula is C22H19F5O5. The highest BCUT2D eigenvalue weighted by Crippen LogP contribution is 2.38. The highest BCUT2D eigenvalue weighted by Gasteiger charge is 2.36. The monoisotopic (exact) mass is 458 g/mol. The van der Waals surface area contributed by atoms with Gasteiger partial charge in [-0.1, -0.05) is 6.07 Å². The summed E-state index contributed by atoms with van der Waals surface area (Å²) in [6.45, 7) is 4.36. The van der Waals surface area contributed by atoms with E-state index in [1.807, 2.05) is 0 Å². The molecular weight excluding hydrogens is 439 g/mol. The number of hydrogen-bond donors (Lipinski definition) is 1. The van der Waals surface area contributed by atoms with Crippen molar-refractivity contribution >= 4 is 16.9 Å². The number of aliphatic carboxylic acids is 1. The van der Waals surface area contributed by atoms with Crippen LogP contribution in [0.15, 0.2) is 22.6 Å². The summed E-state index contributed by atoms with van der Waals surface area (Å²) in [6, 6.07) is 4.36. The lowest BCUT2D eigenvalue weighted by atomic mass is 9.99. The van der Waals surface area contributed by atoms with Crippen molar-refractivity contribution in [2.24, 2.45) is 0 Å². The molecule has 2 aromatic carbocycles. The fraction of sp³-hybridized carbons (Fsp3) is 0.318. The molecule has 3 rings (SSSR count). The van der Waals surface area contributed by atoms with Gasteiger partial charge in [0.2, 0.25) is 5.75 Å². The minimum absolute atomic E-state index is 0.0565. The van der Waals surface area contributed by atoms with E-state index in [0.29, 0.717) is 17.7 Å². The van der Waals surface area contributed by atoms with E-state index >= 15 is 0 Å². The summed E-state index contributed by atoms with van der Waals surface area (Å²) in [7, 11) is 0. The fourth-order valence-electron chi connectivity index (χ4n) is 3.36. The summed E-state index contributed by atoms with van der Waals surface area (Å²) in [4.78, 5) is 10.8. The number of ether oxygens (including phenoxy) is 2. The van der Waals surface area contributed by atoms with Gasteiger partial charge < -0.3 is 19.0 Å². The molecule has 32 heavy (non-hydrogen) atoms. The molecule has 0 spiro atoms. The Bertz CT molecular complexity index is 1180. The minimum atomic E-state index is -5.30. The molecule has 0 unspecified atom stereocenters. The van der Waals surface area contributed by atoms with Gasteiger partial charge in [0.25, 0.3) is 0 Å². The third-order valence-electron chi connectivity index (χ3n) is 5.08. The molecule has 0 atom stereocenters. The summed E-state index contributed by atoms with van der Waals surface area (Å²) in [6.07, 6.45) is -5.05. The molecule has 3 aromatic rings. The first-order chi connectivity index (χ1) is 14.9. The normalized spacial score (nSPS) is 11.8. The van der Waals surface area contributed by atoms with Gasteiger partial charge in [-0.2, -0.15) is 0 Å². The Labute approximate surface area is 179 Å². The number of halogens is 5. The number of hydrogen-bond acceptors (Lipinski definition) is 4. The second-order valence-corrected chi connectivity index (χ2v) is 7.24. The first-order valence-corrected chi connectivity index (χ1v) is 9.48. The summed E-state index contributed by atoms with van der Waals surface area (Å²) in [5.74, 6) is -5.15. The lowest BCUT2D eigenvalue weighted by Gasteiger charge is -2.16. The molecule has 0 radical (unpaired) electrons. The van der Waals surface area contributed by atoms with Crippen LogP contribution in [0.25, 0.3) is 11.0 Å². The summed E-state index contributed by atoms with van der Waals surface area (Å²) < 4.78 is 82.0. The standard InChI is InChI=1S/C22H19F5O5/c1-10-8-14-18(23)21(32-22(25,26)27)19(24)15(20(14)31-10)9-30-16-6-4-13(5-7-17(28)29)11(2)12(16)3/h4,6,8H,5,7,9H2,1-3H3,(H,28,29). The van der Waals surface area contributed by atoms with Crippen molar-refractivity contribution in [2.75, 3.05) is 0 Å². The number of fused-ring (bicyclic) bond motifs is 1. The Morgan fingerprint density at radius 2 is 1.78 bits per heavy atom. The third kappa shape index (κ3) is 4.79. The number of alkyl halides is 3. The molecule has 0 fully saturated rings. The zero-order valence-corrected chi connectivity index (χ0v) is 17.3. The van der Waals surface area contributed by atoms with Crippen LogP contribution in [0.2, 0.25) is 0 Å².